The fourth-order valence-corrected chi connectivity index (χ4v) is 5.10. The van der Waals surface area contributed by atoms with Gasteiger partial charge in [-0.05, 0) is 44.9 Å². The first kappa shape index (κ1) is 26.4. The molecule has 1 amide bonds. The molecule has 8 nitrogen and oxygen atoms in total. The van der Waals surface area contributed by atoms with Crippen LogP contribution in [0.4, 0.5) is 0 Å². The maximum absolute atomic E-state index is 13.7. The van der Waals surface area contributed by atoms with E-state index in [-0.39, 0.29) is 30.6 Å². The molecule has 0 aliphatic carbocycles. The number of fused-ring (bicyclic) bond motifs is 1. The molecule has 3 heterocycles. The minimum Gasteiger partial charge on any atom is -0.496 e. The van der Waals surface area contributed by atoms with Gasteiger partial charge in [0, 0.05) is 56.1 Å². The van der Waals surface area contributed by atoms with Crippen molar-refractivity contribution in [3.63, 3.8) is 0 Å². The molecule has 8 heteroatoms. The zero-order chi connectivity index (χ0) is 25.7. The molecule has 0 bridgehead atoms. The van der Waals surface area contributed by atoms with Gasteiger partial charge in [-0.15, -0.1) is 0 Å². The number of rotatable bonds is 8. The van der Waals surface area contributed by atoms with E-state index in [1.165, 1.54) is 0 Å². The SMILES string of the molecule is COc1ccccc1-c1cnc2c(c1)C(=O)N([C@@H](C)CO)C[C@H](C)[C@@H](CN(C)CC1CCOCC1)O2. The minimum absolute atomic E-state index is 0.0592. The van der Waals surface area contributed by atoms with Crippen LogP contribution in [0.1, 0.15) is 37.0 Å². The first-order valence-corrected chi connectivity index (χ1v) is 12.9. The van der Waals surface area contributed by atoms with Crippen molar-refractivity contribution in [2.24, 2.45) is 11.8 Å². The topological polar surface area (TPSA) is 84.4 Å². The normalized spacial score (nSPS) is 21.9. The van der Waals surface area contributed by atoms with Gasteiger partial charge in [-0.3, -0.25) is 4.79 Å². The second-order valence-corrected chi connectivity index (χ2v) is 10.2. The van der Waals surface area contributed by atoms with Gasteiger partial charge < -0.3 is 29.1 Å². The third-order valence-electron chi connectivity index (χ3n) is 7.34. The minimum atomic E-state index is -0.318. The van der Waals surface area contributed by atoms with E-state index in [2.05, 4.69) is 23.9 Å². The van der Waals surface area contributed by atoms with Crippen molar-refractivity contribution in [2.45, 2.75) is 38.8 Å². The van der Waals surface area contributed by atoms with Crippen molar-refractivity contribution >= 4 is 5.91 Å². The number of aliphatic hydroxyl groups excluding tert-OH is 1. The Morgan fingerprint density at radius 3 is 2.69 bits per heavy atom. The van der Waals surface area contributed by atoms with Crippen LogP contribution in [-0.2, 0) is 4.74 Å². The summed E-state index contributed by atoms with van der Waals surface area (Å²) in [6.45, 7) is 7.73. The van der Waals surface area contributed by atoms with Gasteiger partial charge >= 0.3 is 0 Å². The lowest BCUT2D eigenvalue weighted by Crippen LogP contribution is -2.50. The van der Waals surface area contributed by atoms with Crippen LogP contribution < -0.4 is 9.47 Å². The largest absolute Gasteiger partial charge is 0.496 e. The Morgan fingerprint density at radius 2 is 1.97 bits per heavy atom. The molecule has 4 rings (SSSR count). The number of methoxy groups -OCH3 is 1. The molecule has 0 saturated carbocycles. The average molecular weight is 498 g/mol. The number of amides is 1. The smallest absolute Gasteiger partial charge is 0.259 e. The van der Waals surface area contributed by atoms with Crippen molar-refractivity contribution in [2.75, 3.05) is 53.6 Å². The van der Waals surface area contributed by atoms with Gasteiger partial charge in [-0.1, -0.05) is 25.1 Å². The lowest BCUT2D eigenvalue weighted by molar-refractivity contribution is 0.0254. The predicted octanol–water partition coefficient (Wildman–Crippen LogP) is 3.34. The fourth-order valence-electron chi connectivity index (χ4n) is 5.10. The highest BCUT2D eigenvalue weighted by Gasteiger charge is 2.34. The molecule has 2 aromatic rings. The highest BCUT2D eigenvalue weighted by atomic mass is 16.5. The Morgan fingerprint density at radius 1 is 1.22 bits per heavy atom. The van der Waals surface area contributed by atoms with E-state index in [0.717, 1.165) is 50.3 Å². The highest BCUT2D eigenvalue weighted by Crippen LogP contribution is 2.34. The molecule has 36 heavy (non-hydrogen) atoms. The molecule has 0 spiro atoms. The molecule has 1 aromatic heterocycles. The second kappa shape index (κ2) is 12.0. The van der Waals surface area contributed by atoms with E-state index in [1.807, 2.05) is 37.3 Å². The molecule has 0 radical (unpaired) electrons. The Balaban J connectivity index is 1.64. The number of carbonyl (C=O) groups excluding carboxylic acids is 1. The van der Waals surface area contributed by atoms with Gasteiger partial charge in [0.15, 0.2) is 0 Å². The van der Waals surface area contributed by atoms with Crippen molar-refractivity contribution in [1.82, 2.24) is 14.8 Å². The van der Waals surface area contributed by atoms with E-state index >= 15 is 0 Å². The number of benzene rings is 1. The van der Waals surface area contributed by atoms with Crippen LogP contribution in [0, 0.1) is 11.8 Å². The van der Waals surface area contributed by atoms with Gasteiger partial charge in [0.25, 0.3) is 5.91 Å². The number of hydrogen-bond donors (Lipinski definition) is 1. The molecular weight excluding hydrogens is 458 g/mol. The standard InChI is InChI=1S/C28H39N3O5/c1-19-15-31(20(2)18-32)28(33)24-13-22(23-7-5-6-8-25(23)34-4)14-29-27(24)36-26(19)17-30(3)16-21-9-11-35-12-10-21/h5-8,13-14,19-21,26,32H,9-12,15-18H2,1-4H3/t19-,20-,26+/m0/s1. The first-order valence-electron chi connectivity index (χ1n) is 12.9. The van der Waals surface area contributed by atoms with Gasteiger partial charge in [-0.2, -0.15) is 0 Å². The number of pyridine rings is 1. The molecule has 2 aliphatic rings. The molecule has 3 atom stereocenters. The maximum Gasteiger partial charge on any atom is 0.259 e. The number of nitrogens with zero attached hydrogens (tertiary/aromatic N) is 3. The number of hydrogen-bond acceptors (Lipinski definition) is 7. The predicted molar refractivity (Wildman–Crippen MR) is 138 cm³/mol. The fraction of sp³-hybridized carbons (Fsp3) is 0.571. The van der Waals surface area contributed by atoms with E-state index in [0.29, 0.717) is 29.7 Å². The van der Waals surface area contributed by atoms with Gasteiger partial charge in [-0.25, -0.2) is 4.98 Å². The molecule has 2 aliphatic heterocycles. The number of ether oxygens (including phenoxy) is 3. The second-order valence-electron chi connectivity index (χ2n) is 10.2. The van der Waals surface area contributed by atoms with Gasteiger partial charge in [0.1, 0.15) is 17.4 Å². The summed E-state index contributed by atoms with van der Waals surface area (Å²) in [6, 6.07) is 9.18. The quantitative estimate of drug-likeness (QED) is 0.599. The maximum atomic E-state index is 13.7. The summed E-state index contributed by atoms with van der Waals surface area (Å²) >= 11 is 0. The lowest BCUT2D eigenvalue weighted by Gasteiger charge is -2.38. The molecule has 0 unspecified atom stereocenters. The first-order chi connectivity index (χ1) is 17.4. The average Bonchev–Trinajstić information content (AvgIpc) is 2.90. The van der Waals surface area contributed by atoms with Crippen molar-refractivity contribution < 1.29 is 24.1 Å². The number of carbonyl (C=O) groups is 1. The van der Waals surface area contributed by atoms with Crippen LogP contribution in [0.2, 0.25) is 0 Å². The van der Waals surface area contributed by atoms with Crippen molar-refractivity contribution in [3.05, 3.63) is 42.1 Å². The summed E-state index contributed by atoms with van der Waals surface area (Å²) in [5, 5.41) is 9.92. The Bertz CT molecular complexity index is 1030. The van der Waals surface area contributed by atoms with Crippen LogP contribution in [0.5, 0.6) is 11.6 Å². The zero-order valence-corrected chi connectivity index (χ0v) is 21.9. The highest BCUT2D eigenvalue weighted by molar-refractivity contribution is 5.98. The molecule has 1 saturated heterocycles. The summed E-state index contributed by atoms with van der Waals surface area (Å²) in [7, 11) is 3.75. The summed E-state index contributed by atoms with van der Waals surface area (Å²) in [4.78, 5) is 22.4. The van der Waals surface area contributed by atoms with E-state index in [1.54, 1.807) is 18.2 Å². The number of aromatic nitrogens is 1. The third kappa shape index (κ3) is 5.99. The van der Waals surface area contributed by atoms with E-state index < -0.39 is 0 Å². The van der Waals surface area contributed by atoms with E-state index in [4.69, 9.17) is 14.2 Å². The summed E-state index contributed by atoms with van der Waals surface area (Å²) in [6.07, 6.45) is 3.74. The summed E-state index contributed by atoms with van der Waals surface area (Å²) in [5.74, 6) is 1.54. The molecule has 1 N–H and O–H groups in total. The molecule has 1 aromatic carbocycles. The summed E-state index contributed by atoms with van der Waals surface area (Å²) < 4.78 is 17.5. The molecular formula is C28H39N3O5. The number of para-hydroxylation sites is 1. The monoisotopic (exact) mass is 497 g/mol. The number of aliphatic hydroxyl groups is 1. The Kier molecular flexibility index (Phi) is 8.82. The Labute approximate surface area is 214 Å². The lowest BCUT2D eigenvalue weighted by atomic mass is 9.97. The number of likely N-dealkylation sites (N-methyl/N-ethyl adjacent to an activating group) is 1. The molecule has 196 valence electrons. The van der Waals surface area contributed by atoms with Crippen LogP contribution in [0.15, 0.2) is 36.5 Å². The molecule has 1 fully saturated rings. The van der Waals surface area contributed by atoms with Crippen LogP contribution in [-0.4, -0.2) is 91.6 Å². The third-order valence-corrected chi connectivity index (χ3v) is 7.34. The van der Waals surface area contributed by atoms with Crippen LogP contribution in [0.3, 0.4) is 0 Å². The van der Waals surface area contributed by atoms with E-state index in [9.17, 15) is 9.90 Å². The van der Waals surface area contributed by atoms with Gasteiger partial charge in [0.2, 0.25) is 5.88 Å². The Hall–Kier alpha value is -2.68. The van der Waals surface area contributed by atoms with Crippen molar-refractivity contribution in [3.8, 4) is 22.8 Å². The zero-order valence-electron chi connectivity index (χ0n) is 21.9. The van der Waals surface area contributed by atoms with Gasteiger partial charge in [0.05, 0.1) is 19.8 Å². The van der Waals surface area contributed by atoms with Crippen molar-refractivity contribution in [1.29, 1.82) is 0 Å². The van der Waals surface area contributed by atoms with Crippen LogP contribution >= 0.6 is 0 Å². The van der Waals surface area contributed by atoms with Crippen LogP contribution in [0.25, 0.3) is 11.1 Å². The summed E-state index contributed by atoms with van der Waals surface area (Å²) in [5.41, 5.74) is 2.04.